The van der Waals surface area contributed by atoms with Gasteiger partial charge in [0.1, 0.15) is 0 Å². The van der Waals surface area contributed by atoms with Crippen LogP contribution in [0, 0.1) is 0 Å². The van der Waals surface area contributed by atoms with E-state index in [4.69, 9.17) is 11.5 Å². The second kappa shape index (κ2) is 5.88. The van der Waals surface area contributed by atoms with Gasteiger partial charge in [-0.05, 0) is 18.9 Å². The van der Waals surface area contributed by atoms with Gasteiger partial charge >= 0.3 is 0 Å². The maximum Gasteiger partial charge on any atom is 0.217 e. The lowest BCUT2D eigenvalue weighted by molar-refractivity contribution is -0.118. The van der Waals surface area contributed by atoms with Crippen molar-refractivity contribution in [3.8, 4) is 0 Å². The zero-order valence-electron chi connectivity index (χ0n) is 11.5. The van der Waals surface area contributed by atoms with Crippen LogP contribution in [0.15, 0.2) is 24.3 Å². The van der Waals surface area contributed by atoms with Gasteiger partial charge < -0.3 is 16.5 Å². The molecule has 0 fully saturated rings. The molecular weight excluding hydrogens is 254 g/mol. The first kappa shape index (κ1) is 14.3. The van der Waals surface area contributed by atoms with Crippen LogP contribution in [0.25, 0.3) is 10.9 Å². The summed E-state index contributed by atoms with van der Waals surface area (Å²) in [7, 11) is 0. The molecule has 5 heteroatoms. The third-order valence-electron chi connectivity index (χ3n) is 3.42. The molecule has 0 aliphatic heterocycles. The van der Waals surface area contributed by atoms with Gasteiger partial charge in [0.25, 0.3) is 0 Å². The number of Topliss-reactive ketones (excluding diaryl/α,β-unsaturated/α-hetero) is 1. The van der Waals surface area contributed by atoms with Crippen molar-refractivity contribution in [2.45, 2.75) is 32.2 Å². The molecule has 1 atom stereocenters. The fourth-order valence-corrected chi connectivity index (χ4v) is 2.36. The molecule has 106 valence electrons. The lowest BCUT2D eigenvalue weighted by Crippen LogP contribution is -2.32. The van der Waals surface area contributed by atoms with E-state index in [0.29, 0.717) is 5.56 Å². The van der Waals surface area contributed by atoms with Gasteiger partial charge in [-0.1, -0.05) is 25.1 Å². The fourth-order valence-electron chi connectivity index (χ4n) is 2.36. The first-order valence-corrected chi connectivity index (χ1v) is 6.72. The number of amides is 1. The Bertz CT molecular complexity index is 646. The van der Waals surface area contributed by atoms with Crippen molar-refractivity contribution in [1.29, 1.82) is 0 Å². The lowest BCUT2D eigenvalue weighted by atomic mass is 9.97. The highest BCUT2D eigenvalue weighted by atomic mass is 16.1. The summed E-state index contributed by atoms with van der Waals surface area (Å²) in [6.07, 6.45) is 1.12. The van der Waals surface area contributed by atoms with Crippen molar-refractivity contribution in [3.63, 3.8) is 0 Å². The molecule has 1 heterocycles. The van der Waals surface area contributed by atoms with Gasteiger partial charge in [0.05, 0.1) is 6.04 Å². The standard InChI is InChI=1S/C15H19N3O2/c1-2-11-14(9-5-3-4-6-12(9)18-11)15(20)10(16)7-8-13(17)19/h3-6,10,18H,2,7-8,16H2,1H3,(H2,17,19)/t10-/m0/s1. The minimum Gasteiger partial charge on any atom is -0.370 e. The summed E-state index contributed by atoms with van der Waals surface area (Å²) in [5.74, 6) is -0.580. The second-order valence-electron chi connectivity index (χ2n) is 4.85. The molecule has 0 aliphatic carbocycles. The molecule has 0 bridgehead atoms. The molecule has 1 aromatic carbocycles. The van der Waals surface area contributed by atoms with Gasteiger partial charge in [0.15, 0.2) is 5.78 Å². The molecule has 0 unspecified atom stereocenters. The van der Waals surface area contributed by atoms with E-state index in [2.05, 4.69) is 4.98 Å². The molecule has 0 saturated heterocycles. The number of ketones is 1. The maximum absolute atomic E-state index is 12.5. The van der Waals surface area contributed by atoms with E-state index in [-0.39, 0.29) is 18.6 Å². The number of nitrogens with one attached hydrogen (secondary N) is 1. The molecule has 5 N–H and O–H groups in total. The van der Waals surface area contributed by atoms with Crippen molar-refractivity contribution < 1.29 is 9.59 Å². The first-order valence-electron chi connectivity index (χ1n) is 6.72. The topological polar surface area (TPSA) is 102 Å². The quantitative estimate of drug-likeness (QED) is 0.695. The van der Waals surface area contributed by atoms with Crippen molar-refractivity contribution in [1.82, 2.24) is 4.98 Å². The van der Waals surface area contributed by atoms with Crippen LogP contribution in [0.1, 0.15) is 35.8 Å². The molecule has 0 radical (unpaired) electrons. The van der Waals surface area contributed by atoms with E-state index in [1.54, 1.807) is 0 Å². The van der Waals surface area contributed by atoms with E-state index in [1.807, 2.05) is 31.2 Å². The van der Waals surface area contributed by atoms with Gasteiger partial charge in [-0.15, -0.1) is 0 Å². The third-order valence-corrected chi connectivity index (χ3v) is 3.42. The summed E-state index contributed by atoms with van der Waals surface area (Å²) in [5, 5.41) is 0.879. The van der Waals surface area contributed by atoms with Crippen LogP contribution in [-0.2, 0) is 11.2 Å². The van der Waals surface area contributed by atoms with E-state index in [1.165, 1.54) is 0 Å². The molecule has 2 rings (SSSR count). The van der Waals surface area contributed by atoms with Crippen LogP contribution < -0.4 is 11.5 Å². The van der Waals surface area contributed by atoms with Crippen LogP contribution in [0.2, 0.25) is 0 Å². The average molecular weight is 273 g/mol. The largest absolute Gasteiger partial charge is 0.370 e. The molecular formula is C15H19N3O2. The zero-order chi connectivity index (χ0) is 14.7. The smallest absolute Gasteiger partial charge is 0.217 e. The zero-order valence-corrected chi connectivity index (χ0v) is 11.5. The highest BCUT2D eigenvalue weighted by molar-refractivity contribution is 6.11. The summed E-state index contributed by atoms with van der Waals surface area (Å²) in [4.78, 5) is 26.6. The molecule has 0 spiro atoms. The number of aryl methyl sites for hydroxylation is 1. The summed E-state index contributed by atoms with van der Waals surface area (Å²) in [6, 6.07) is 6.94. The van der Waals surface area contributed by atoms with Gasteiger partial charge in [0.2, 0.25) is 5.91 Å². The number of hydrogen-bond acceptors (Lipinski definition) is 3. The molecule has 1 aromatic heterocycles. The Morgan fingerprint density at radius 2 is 2.00 bits per heavy atom. The minimum absolute atomic E-state index is 0.122. The summed E-state index contributed by atoms with van der Waals surface area (Å²) < 4.78 is 0. The molecule has 5 nitrogen and oxygen atoms in total. The number of para-hydroxylation sites is 1. The van der Waals surface area contributed by atoms with Crippen molar-refractivity contribution in [3.05, 3.63) is 35.5 Å². The van der Waals surface area contributed by atoms with Crippen molar-refractivity contribution in [2.24, 2.45) is 11.5 Å². The van der Waals surface area contributed by atoms with Crippen LogP contribution in [-0.4, -0.2) is 22.7 Å². The molecule has 20 heavy (non-hydrogen) atoms. The number of H-pyrrole nitrogens is 1. The van der Waals surface area contributed by atoms with Gasteiger partial charge in [-0.3, -0.25) is 9.59 Å². The number of rotatable bonds is 6. The molecule has 0 saturated carbocycles. The Morgan fingerprint density at radius 3 is 2.65 bits per heavy atom. The summed E-state index contributed by atoms with van der Waals surface area (Å²) in [6.45, 7) is 1.98. The van der Waals surface area contributed by atoms with Crippen LogP contribution in [0.3, 0.4) is 0 Å². The van der Waals surface area contributed by atoms with Crippen LogP contribution in [0.5, 0.6) is 0 Å². The van der Waals surface area contributed by atoms with E-state index >= 15 is 0 Å². The number of primary amides is 1. The van der Waals surface area contributed by atoms with Crippen LogP contribution >= 0.6 is 0 Å². The second-order valence-corrected chi connectivity index (χ2v) is 4.85. The Morgan fingerprint density at radius 1 is 1.30 bits per heavy atom. The SMILES string of the molecule is CCc1[nH]c2ccccc2c1C(=O)[C@@H](N)CCC(N)=O. The molecule has 0 aliphatic rings. The Hall–Kier alpha value is -2.14. The lowest BCUT2D eigenvalue weighted by Gasteiger charge is -2.10. The normalized spacial score (nSPS) is 12.5. The fraction of sp³-hybridized carbons (Fsp3) is 0.333. The first-order chi connectivity index (χ1) is 9.54. The van der Waals surface area contributed by atoms with E-state index in [9.17, 15) is 9.59 Å². The van der Waals surface area contributed by atoms with Gasteiger partial charge in [-0.25, -0.2) is 0 Å². The predicted octanol–water partition coefficient (Wildman–Crippen LogP) is 1.51. The molecule has 1 amide bonds. The Labute approximate surface area is 117 Å². The number of hydrogen-bond donors (Lipinski definition) is 3. The Kier molecular flexibility index (Phi) is 4.20. The van der Waals surface area contributed by atoms with E-state index < -0.39 is 11.9 Å². The number of aromatic amines is 1. The summed E-state index contributed by atoms with van der Waals surface area (Å²) in [5.41, 5.74) is 13.4. The van der Waals surface area contributed by atoms with E-state index in [0.717, 1.165) is 23.0 Å². The van der Waals surface area contributed by atoms with Crippen molar-refractivity contribution >= 4 is 22.6 Å². The monoisotopic (exact) mass is 273 g/mol. The molecule has 2 aromatic rings. The minimum atomic E-state index is -0.702. The predicted molar refractivity (Wildman–Crippen MR) is 78.4 cm³/mol. The highest BCUT2D eigenvalue weighted by Gasteiger charge is 2.22. The van der Waals surface area contributed by atoms with Crippen LogP contribution in [0.4, 0.5) is 0 Å². The average Bonchev–Trinajstić information content (AvgIpc) is 2.82. The number of aromatic nitrogens is 1. The number of fused-ring (bicyclic) bond motifs is 1. The number of carbonyl (C=O) groups is 2. The van der Waals surface area contributed by atoms with Crippen molar-refractivity contribution in [2.75, 3.05) is 0 Å². The number of carbonyl (C=O) groups excluding carboxylic acids is 2. The summed E-state index contributed by atoms with van der Waals surface area (Å²) >= 11 is 0. The third kappa shape index (κ3) is 2.72. The Balaban J connectivity index is 2.35. The maximum atomic E-state index is 12.5. The highest BCUT2D eigenvalue weighted by Crippen LogP contribution is 2.24. The van der Waals surface area contributed by atoms with Gasteiger partial charge in [0, 0.05) is 28.6 Å². The number of benzene rings is 1. The number of nitrogens with two attached hydrogens (primary N) is 2. The van der Waals surface area contributed by atoms with Gasteiger partial charge in [-0.2, -0.15) is 0 Å².